The van der Waals surface area contributed by atoms with Gasteiger partial charge in [0.25, 0.3) is 0 Å². The van der Waals surface area contributed by atoms with E-state index >= 15 is 0 Å². The summed E-state index contributed by atoms with van der Waals surface area (Å²) in [4.78, 5) is 2.82. The molecule has 0 aromatic rings. The molecule has 2 aliphatic carbocycles. The van der Waals surface area contributed by atoms with Crippen LogP contribution in [0.4, 0.5) is 0 Å². The minimum atomic E-state index is -0.0146. The van der Waals surface area contributed by atoms with Crippen LogP contribution in [-0.2, 0) is 9.47 Å². The van der Waals surface area contributed by atoms with Crippen LogP contribution in [0.15, 0.2) is 0 Å². The number of fused-ring (bicyclic) bond motifs is 8. The third-order valence-corrected chi connectivity index (χ3v) is 12.5. The van der Waals surface area contributed by atoms with Gasteiger partial charge in [-0.3, -0.25) is 10.2 Å². The van der Waals surface area contributed by atoms with Crippen LogP contribution in [0.5, 0.6) is 0 Å². The SMILES string of the molecule is CC1NC2CC3NN2C(C)(N2CCC(CC2)OCCCCCOC2CCCCC2C2CCCC3C2)C1(C)C. The van der Waals surface area contributed by atoms with Gasteiger partial charge in [-0.15, -0.1) is 0 Å². The van der Waals surface area contributed by atoms with Crippen LogP contribution in [-0.4, -0.2) is 72.3 Å². The number of nitrogens with one attached hydrogen (secondary N) is 2. The highest BCUT2D eigenvalue weighted by Crippen LogP contribution is 2.50. The van der Waals surface area contributed by atoms with Gasteiger partial charge in [0.05, 0.1) is 24.0 Å². The van der Waals surface area contributed by atoms with Crippen molar-refractivity contribution < 1.29 is 9.47 Å². The number of piperidine rings is 1. The maximum atomic E-state index is 6.65. The number of rotatable bonds is 0. The summed E-state index contributed by atoms with van der Waals surface area (Å²) >= 11 is 0. The average Bonchev–Trinajstić information content (AvgIpc) is 3.36. The zero-order valence-corrected chi connectivity index (χ0v) is 25.1. The molecule has 7 fully saturated rings. The first kappa shape index (κ1) is 27.9. The van der Waals surface area contributed by atoms with Gasteiger partial charge in [-0.05, 0) is 95.8 Å². The van der Waals surface area contributed by atoms with E-state index in [2.05, 4.69) is 48.3 Å². The predicted molar refractivity (Wildman–Crippen MR) is 153 cm³/mol. The highest BCUT2D eigenvalue weighted by molar-refractivity contribution is 5.11. The Morgan fingerprint density at radius 3 is 2.29 bits per heavy atom. The molecule has 0 aromatic carbocycles. The Hall–Kier alpha value is -0.240. The second-order valence-electron chi connectivity index (χ2n) is 14.7. The fourth-order valence-corrected chi connectivity index (χ4v) is 9.53. The molecule has 8 unspecified atom stereocenters. The summed E-state index contributed by atoms with van der Waals surface area (Å²) in [5.41, 5.74) is 4.32. The molecule has 6 bridgehead atoms. The van der Waals surface area contributed by atoms with Crippen molar-refractivity contribution >= 4 is 0 Å². The highest BCUT2D eigenvalue weighted by atomic mass is 16.5. The van der Waals surface area contributed by atoms with E-state index in [1.54, 1.807) is 0 Å². The first-order chi connectivity index (χ1) is 18.4. The maximum Gasteiger partial charge on any atom is 0.0926 e. The van der Waals surface area contributed by atoms with Crippen molar-refractivity contribution in [2.24, 2.45) is 23.2 Å². The van der Waals surface area contributed by atoms with Gasteiger partial charge in [0.2, 0.25) is 0 Å². The van der Waals surface area contributed by atoms with E-state index < -0.39 is 0 Å². The van der Waals surface area contributed by atoms with Crippen LogP contribution < -0.4 is 10.7 Å². The molecule has 218 valence electrons. The lowest BCUT2D eigenvalue weighted by molar-refractivity contribution is -0.207. The number of hydrogen-bond acceptors (Lipinski definition) is 6. The minimum Gasteiger partial charge on any atom is -0.378 e. The van der Waals surface area contributed by atoms with Gasteiger partial charge in [0, 0.05) is 43.8 Å². The summed E-state index contributed by atoms with van der Waals surface area (Å²) in [5.74, 6) is 2.43. The molecule has 38 heavy (non-hydrogen) atoms. The molecule has 5 heterocycles. The molecule has 2 saturated carbocycles. The molecular formula is C32H58N4O2. The number of ether oxygens (including phenoxy) is 2. The van der Waals surface area contributed by atoms with Crippen molar-refractivity contribution in [2.75, 3.05) is 26.3 Å². The smallest absolute Gasteiger partial charge is 0.0926 e. The summed E-state index contributed by atoms with van der Waals surface area (Å²) in [6, 6.07) is 1.06. The van der Waals surface area contributed by atoms with E-state index in [-0.39, 0.29) is 11.1 Å². The highest BCUT2D eigenvalue weighted by Gasteiger charge is 2.61. The van der Waals surface area contributed by atoms with Crippen molar-refractivity contribution in [3.05, 3.63) is 0 Å². The molecular weight excluding hydrogens is 472 g/mol. The molecule has 0 aromatic heterocycles. The normalized spacial score (nSPS) is 48.8. The maximum absolute atomic E-state index is 6.65. The van der Waals surface area contributed by atoms with Crippen molar-refractivity contribution in [1.29, 1.82) is 0 Å². The lowest BCUT2D eigenvalue weighted by Crippen LogP contribution is -2.79. The van der Waals surface area contributed by atoms with Crippen molar-refractivity contribution in [3.8, 4) is 0 Å². The Morgan fingerprint density at radius 1 is 0.737 bits per heavy atom. The molecule has 5 saturated heterocycles. The van der Waals surface area contributed by atoms with Crippen LogP contribution in [0, 0.1) is 23.2 Å². The molecule has 6 nitrogen and oxygen atoms in total. The largest absolute Gasteiger partial charge is 0.378 e. The van der Waals surface area contributed by atoms with Crippen molar-refractivity contribution in [2.45, 2.75) is 154 Å². The van der Waals surface area contributed by atoms with E-state index in [9.17, 15) is 0 Å². The predicted octanol–water partition coefficient (Wildman–Crippen LogP) is 5.67. The topological polar surface area (TPSA) is 49.0 Å². The summed E-state index contributed by atoms with van der Waals surface area (Å²) in [6.45, 7) is 14.1. The van der Waals surface area contributed by atoms with Crippen molar-refractivity contribution in [1.82, 2.24) is 20.7 Å². The van der Waals surface area contributed by atoms with Crippen LogP contribution in [0.25, 0.3) is 0 Å². The van der Waals surface area contributed by atoms with Crippen LogP contribution in [0.1, 0.15) is 118 Å². The van der Waals surface area contributed by atoms with E-state index in [1.165, 1.54) is 77.0 Å². The minimum absolute atomic E-state index is 0.0146. The lowest BCUT2D eigenvalue weighted by atomic mass is 9.67. The lowest BCUT2D eigenvalue weighted by Gasteiger charge is -2.63. The quantitative estimate of drug-likeness (QED) is 0.421. The number of hydrogen-bond donors (Lipinski definition) is 2. The van der Waals surface area contributed by atoms with Crippen molar-refractivity contribution in [3.63, 3.8) is 0 Å². The van der Waals surface area contributed by atoms with Crippen LogP contribution >= 0.6 is 0 Å². The van der Waals surface area contributed by atoms with E-state index in [0.29, 0.717) is 30.5 Å². The van der Waals surface area contributed by atoms with Gasteiger partial charge in [-0.2, -0.15) is 0 Å². The summed E-state index contributed by atoms with van der Waals surface area (Å²) < 4.78 is 13.1. The second kappa shape index (κ2) is 11.6. The van der Waals surface area contributed by atoms with Gasteiger partial charge in [0.1, 0.15) is 0 Å². The first-order valence-corrected chi connectivity index (χ1v) is 16.7. The molecule has 7 rings (SSSR count). The molecule has 0 radical (unpaired) electrons. The molecule has 5 aliphatic heterocycles. The van der Waals surface area contributed by atoms with Gasteiger partial charge >= 0.3 is 0 Å². The Bertz CT molecular complexity index is 785. The Kier molecular flexibility index (Phi) is 8.49. The zero-order valence-electron chi connectivity index (χ0n) is 25.1. The fraction of sp³-hybridized carbons (Fsp3) is 1.00. The van der Waals surface area contributed by atoms with Gasteiger partial charge < -0.3 is 9.47 Å². The Morgan fingerprint density at radius 2 is 1.47 bits per heavy atom. The monoisotopic (exact) mass is 530 g/mol. The Balaban J connectivity index is 1.25. The average molecular weight is 531 g/mol. The fourth-order valence-electron chi connectivity index (χ4n) is 9.53. The molecule has 2 N–H and O–H groups in total. The second-order valence-corrected chi connectivity index (χ2v) is 14.7. The molecule has 0 amide bonds. The standard InChI is InChI=1S/C32H58N4O2/c1-23-31(2,3)32(4)35-17-15-26(16-18-35)37-19-8-5-9-20-38-29-14-7-6-13-27(29)24-11-10-12-25(21-24)28-22-30(33-23)36(32)34-28/h23-30,33-34H,5-22H2,1-4H3. The van der Waals surface area contributed by atoms with Gasteiger partial charge in [-0.1, -0.05) is 39.5 Å². The Labute approximate surface area is 233 Å². The van der Waals surface area contributed by atoms with E-state index in [1.807, 2.05) is 0 Å². The van der Waals surface area contributed by atoms with Gasteiger partial charge in [0.15, 0.2) is 0 Å². The third kappa shape index (κ3) is 5.13. The third-order valence-electron chi connectivity index (χ3n) is 12.5. The molecule has 0 spiro atoms. The number of hydrazine groups is 1. The summed E-state index contributed by atoms with van der Waals surface area (Å²) in [5, 5.41) is 6.77. The summed E-state index contributed by atoms with van der Waals surface area (Å²) in [6.07, 6.45) is 19.6. The molecule has 7 aliphatic rings. The van der Waals surface area contributed by atoms with Crippen LogP contribution in [0.2, 0.25) is 0 Å². The zero-order chi connectivity index (χ0) is 26.3. The number of nitrogens with zero attached hydrogens (tertiary/aromatic N) is 2. The summed E-state index contributed by atoms with van der Waals surface area (Å²) in [7, 11) is 0. The van der Waals surface area contributed by atoms with E-state index in [4.69, 9.17) is 9.47 Å². The van der Waals surface area contributed by atoms with Gasteiger partial charge in [-0.25, -0.2) is 10.4 Å². The van der Waals surface area contributed by atoms with E-state index in [0.717, 1.165) is 56.9 Å². The molecule has 8 atom stereocenters. The first-order valence-electron chi connectivity index (χ1n) is 16.7. The van der Waals surface area contributed by atoms with Crippen LogP contribution in [0.3, 0.4) is 0 Å². The molecule has 6 heteroatoms.